The van der Waals surface area contributed by atoms with Crippen molar-refractivity contribution in [3.05, 3.63) is 57.4 Å². The van der Waals surface area contributed by atoms with Gasteiger partial charge in [-0.15, -0.1) is 0 Å². The normalized spacial score (nSPS) is 10.7. The number of hydrogen-bond acceptors (Lipinski definition) is 3. The molecule has 0 spiro atoms. The molecule has 0 aliphatic heterocycles. The first-order valence-electron chi connectivity index (χ1n) is 5.25. The Balaban J connectivity index is 2.80. The molecule has 0 aliphatic carbocycles. The Labute approximate surface area is 113 Å². The summed E-state index contributed by atoms with van der Waals surface area (Å²) in [4.78, 5) is 9.55. The number of hydrogen-bond donors (Lipinski definition) is 1. The van der Waals surface area contributed by atoms with Crippen LogP contribution in [-0.2, 0) is 0 Å². The van der Waals surface area contributed by atoms with Gasteiger partial charge in [-0.25, -0.2) is 22.0 Å². The summed E-state index contributed by atoms with van der Waals surface area (Å²) in [7, 11) is 0. The van der Waals surface area contributed by atoms with E-state index in [9.17, 15) is 37.2 Å². The highest BCUT2D eigenvalue weighted by Gasteiger charge is 2.27. The van der Waals surface area contributed by atoms with Crippen LogP contribution in [0.5, 0.6) is 5.75 Å². The van der Waals surface area contributed by atoms with Crippen LogP contribution < -0.4 is 0 Å². The van der Waals surface area contributed by atoms with Crippen molar-refractivity contribution in [1.82, 2.24) is 0 Å². The van der Waals surface area contributed by atoms with E-state index in [0.717, 1.165) is 6.07 Å². The largest absolute Gasteiger partial charge is 0.502 e. The molecule has 0 heterocycles. The first-order chi connectivity index (χ1) is 9.75. The van der Waals surface area contributed by atoms with Gasteiger partial charge in [0.1, 0.15) is 0 Å². The van der Waals surface area contributed by atoms with Crippen molar-refractivity contribution in [2.45, 2.75) is 0 Å². The Kier molecular flexibility index (Phi) is 3.50. The van der Waals surface area contributed by atoms with Gasteiger partial charge >= 0.3 is 5.69 Å². The van der Waals surface area contributed by atoms with Gasteiger partial charge in [0.25, 0.3) is 0 Å². The monoisotopic (exact) mass is 305 g/mol. The molecule has 0 fully saturated rings. The molecule has 0 saturated heterocycles. The highest BCUT2D eigenvalue weighted by atomic mass is 19.2. The number of nitro benzene ring substituents is 1. The van der Waals surface area contributed by atoms with Crippen LogP contribution in [0.15, 0.2) is 18.2 Å². The molecule has 0 atom stereocenters. The number of benzene rings is 2. The third-order valence-electron chi connectivity index (χ3n) is 2.67. The standard InChI is InChI=1S/C12H4F5NO3/c13-8-7(9(14)11(16)12(17)10(8)15)4-1-2-6(19)5(3-4)18(20)21/h1-3,19H. The second-order valence-electron chi connectivity index (χ2n) is 3.91. The van der Waals surface area contributed by atoms with Crippen molar-refractivity contribution in [3.63, 3.8) is 0 Å². The molecule has 0 bridgehead atoms. The first kappa shape index (κ1) is 14.7. The molecule has 2 aromatic rings. The van der Waals surface area contributed by atoms with Gasteiger partial charge < -0.3 is 5.11 Å². The van der Waals surface area contributed by atoms with Gasteiger partial charge in [-0.2, -0.15) is 0 Å². The van der Waals surface area contributed by atoms with Crippen LogP contribution >= 0.6 is 0 Å². The summed E-state index contributed by atoms with van der Waals surface area (Å²) in [5.41, 5.74) is -2.88. The molecule has 110 valence electrons. The summed E-state index contributed by atoms with van der Waals surface area (Å²) in [6.45, 7) is 0. The zero-order valence-corrected chi connectivity index (χ0v) is 9.83. The molecule has 2 aromatic carbocycles. The second kappa shape index (κ2) is 5.00. The molecule has 4 nitrogen and oxygen atoms in total. The maximum atomic E-state index is 13.6. The lowest BCUT2D eigenvalue weighted by Gasteiger charge is -2.08. The summed E-state index contributed by atoms with van der Waals surface area (Å²) in [6, 6.07) is 2.01. The summed E-state index contributed by atoms with van der Waals surface area (Å²) in [5, 5.41) is 19.8. The molecule has 2 rings (SSSR count). The fourth-order valence-corrected chi connectivity index (χ4v) is 1.68. The highest BCUT2D eigenvalue weighted by Crippen LogP contribution is 2.36. The Morgan fingerprint density at radius 1 is 0.905 bits per heavy atom. The van der Waals surface area contributed by atoms with Crippen molar-refractivity contribution in [3.8, 4) is 16.9 Å². The minimum atomic E-state index is -2.33. The van der Waals surface area contributed by atoms with E-state index in [1.807, 2.05) is 0 Å². The van der Waals surface area contributed by atoms with E-state index >= 15 is 0 Å². The lowest BCUT2D eigenvalue weighted by molar-refractivity contribution is -0.385. The predicted octanol–water partition coefficient (Wildman–Crippen LogP) is 3.66. The van der Waals surface area contributed by atoms with Crippen molar-refractivity contribution >= 4 is 5.69 Å². The summed E-state index contributed by atoms with van der Waals surface area (Å²) in [6.07, 6.45) is 0. The van der Waals surface area contributed by atoms with Crippen molar-refractivity contribution in [2.24, 2.45) is 0 Å². The highest BCUT2D eigenvalue weighted by molar-refractivity contribution is 5.70. The first-order valence-corrected chi connectivity index (χ1v) is 5.25. The molecule has 0 saturated carbocycles. The van der Waals surface area contributed by atoms with E-state index in [1.165, 1.54) is 0 Å². The van der Waals surface area contributed by atoms with E-state index in [-0.39, 0.29) is 0 Å². The Hall–Kier alpha value is -2.71. The Bertz CT molecular complexity index is 734. The minimum absolute atomic E-state index is 0.508. The maximum Gasteiger partial charge on any atom is 0.311 e. The van der Waals surface area contributed by atoms with Crippen LogP contribution in [0.25, 0.3) is 11.1 Å². The molecular formula is C12H4F5NO3. The smallest absolute Gasteiger partial charge is 0.311 e. The minimum Gasteiger partial charge on any atom is -0.502 e. The number of phenols is 1. The molecule has 21 heavy (non-hydrogen) atoms. The van der Waals surface area contributed by atoms with Crippen molar-refractivity contribution in [1.29, 1.82) is 0 Å². The van der Waals surface area contributed by atoms with Gasteiger partial charge in [-0.1, -0.05) is 0 Å². The molecule has 0 aromatic heterocycles. The molecule has 0 unspecified atom stereocenters. The van der Waals surface area contributed by atoms with Crippen molar-refractivity contribution < 1.29 is 32.0 Å². The number of nitro groups is 1. The lowest BCUT2D eigenvalue weighted by atomic mass is 10.0. The number of aromatic hydroxyl groups is 1. The molecule has 0 radical (unpaired) electrons. The number of rotatable bonds is 2. The van der Waals surface area contributed by atoms with Crippen LogP contribution in [0.1, 0.15) is 0 Å². The van der Waals surface area contributed by atoms with E-state index in [1.54, 1.807) is 0 Å². The van der Waals surface area contributed by atoms with Gasteiger partial charge in [0.05, 0.1) is 10.5 Å². The molecular weight excluding hydrogens is 301 g/mol. The predicted molar refractivity (Wildman–Crippen MR) is 60.0 cm³/mol. The molecule has 0 amide bonds. The summed E-state index contributed by atoms with van der Waals surface area (Å²) in [5.74, 6) is -11.7. The van der Waals surface area contributed by atoms with Gasteiger partial charge in [0, 0.05) is 6.07 Å². The van der Waals surface area contributed by atoms with Gasteiger partial charge in [0.2, 0.25) is 5.82 Å². The Morgan fingerprint density at radius 2 is 1.38 bits per heavy atom. The molecule has 0 aliphatic rings. The van der Waals surface area contributed by atoms with Crippen LogP contribution in [0.3, 0.4) is 0 Å². The van der Waals surface area contributed by atoms with Crippen LogP contribution in [0.2, 0.25) is 0 Å². The number of halogens is 5. The average Bonchev–Trinajstić information content (AvgIpc) is 2.44. The van der Waals surface area contributed by atoms with Crippen LogP contribution in [-0.4, -0.2) is 10.0 Å². The summed E-state index contributed by atoms with van der Waals surface area (Å²) >= 11 is 0. The van der Waals surface area contributed by atoms with E-state index in [0.29, 0.717) is 12.1 Å². The van der Waals surface area contributed by atoms with Gasteiger partial charge in [-0.3, -0.25) is 10.1 Å². The maximum absolute atomic E-state index is 13.6. The van der Waals surface area contributed by atoms with Gasteiger partial charge in [-0.05, 0) is 17.7 Å². The lowest BCUT2D eigenvalue weighted by Crippen LogP contribution is -2.04. The third kappa shape index (κ3) is 2.26. The van der Waals surface area contributed by atoms with E-state index < -0.39 is 56.6 Å². The topological polar surface area (TPSA) is 63.4 Å². The zero-order valence-electron chi connectivity index (χ0n) is 9.83. The number of phenolic OH excluding ortho intramolecular Hbond substituents is 1. The second-order valence-corrected chi connectivity index (χ2v) is 3.91. The molecule has 1 N–H and O–H groups in total. The number of nitrogens with zero attached hydrogens (tertiary/aromatic N) is 1. The molecule has 9 heteroatoms. The summed E-state index contributed by atoms with van der Waals surface area (Å²) < 4.78 is 66.2. The average molecular weight is 305 g/mol. The van der Waals surface area contributed by atoms with E-state index in [4.69, 9.17) is 0 Å². The fraction of sp³-hybridized carbons (Fsp3) is 0. The quantitative estimate of drug-likeness (QED) is 0.303. The zero-order chi connectivity index (χ0) is 15.9. The third-order valence-corrected chi connectivity index (χ3v) is 2.67. The fourth-order valence-electron chi connectivity index (χ4n) is 1.68. The van der Waals surface area contributed by atoms with Crippen LogP contribution in [0, 0.1) is 39.2 Å². The SMILES string of the molecule is O=[N+]([O-])c1cc(-c2c(F)c(F)c(F)c(F)c2F)ccc1O. The van der Waals surface area contributed by atoms with E-state index in [2.05, 4.69) is 0 Å². The van der Waals surface area contributed by atoms with Gasteiger partial charge in [0.15, 0.2) is 29.0 Å². The van der Waals surface area contributed by atoms with Crippen LogP contribution in [0.4, 0.5) is 27.6 Å². The van der Waals surface area contributed by atoms with Crippen molar-refractivity contribution in [2.75, 3.05) is 0 Å². The Morgan fingerprint density at radius 3 is 1.86 bits per heavy atom.